The molecule has 2 N–H and O–H groups in total. The summed E-state index contributed by atoms with van der Waals surface area (Å²) in [4.78, 5) is 27.6. The zero-order valence-electron chi connectivity index (χ0n) is 19.9. The topological polar surface area (TPSA) is 89.1 Å². The normalized spacial score (nSPS) is 21.8. The van der Waals surface area contributed by atoms with Gasteiger partial charge in [0.1, 0.15) is 18.1 Å². The zero-order valence-corrected chi connectivity index (χ0v) is 19.9. The van der Waals surface area contributed by atoms with Gasteiger partial charge < -0.3 is 29.7 Å². The molecule has 0 fully saturated rings. The zero-order chi connectivity index (χ0) is 24.0. The van der Waals surface area contributed by atoms with E-state index in [4.69, 9.17) is 14.2 Å². The molecule has 3 rings (SSSR count). The van der Waals surface area contributed by atoms with Crippen LogP contribution in [0, 0.1) is 5.92 Å². The lowest BCUT2D eigenvalue weighted by atomic mass is 10.0. The minimum atomic E-state index is -0.280. The van der Waals surface area contributed by atoms with Crippen molar-refractivity contribution < 1.29 is 23.8 Å². The van der Waals surface area contributed by atoms with Gasteiger partial charge in [-0.25, -0.2) is 0 Å². The summed E-state index contributed by atoms with van der Waals surface area (Å²) in [6, 6.07) is 12.1. The van der Waals surface area contributed by atoms with Gasteiger partial charge in [0.2, 0.25) is 0 Å². The van der Waals surface area contributed by atoms with Crippen LogP contribution in [-0.4, -0.2) is 69.8 Å². The molecule has 0 saturated carbocycles. The first-order valence-electron chi connectivity index (χ1n) is 11.1. The van der Waals surface area contributed by atoms with Gasteiger partial charge in [0.25, 0.3) is 11.8 Å². The Morgan fingerprint density at radius 3 is 2.70 bits per heavy atom. The Morgan fingerprint density at radius 2 is 1.97 bits per heavy atom. The van der Waals surface area contributed by atoms with E-state index in [2.05, 4.69) is 17.6 Å². The quantitative estimate of drug-likeness (QED) is 0.737. The van der Waals surface area contributed by atoms with Gasteiger partial charge in [-0.15, -0.1) is 0 Å². The maximum atomic E-state index is 13.2. The number of methoxy groups -OCH3 is 2. The van der Waals surface area contributed by atoms with Crippen molar-refractivity contribution in [1.29, 1.82) is 0 Å². The first-order valence-corrected chi connectivity index (χ1v) is 11.1. The van der Waals surface area contributed by atoms with Gasteiger partial charge in [-0.1, -0.05) is 13.0 Å². The van der Waals surface area contributed by atoms with Crippen LogP contribution in [0.1, 0.15) is 34.6 Å². The van der Waals surface area contributed by atoms with Crippen LogP contribution in [0.4, 0.5) is 5.69 Å². The molecule has 0 bridgehead atoms. The highest BCUT2D eigenvalue weighted by Crippen LogP contribution is 2.26. The average Bonchev–Trinajstić information content (AvgIpc) is 2.83. The van der Waals surface area contributed by atoms with Crippen molar-refractivity contribution in [2.24, 2.45) is 5.92 Å². The number of rotatable bonds is 4. The van der Waals surface area contributed by atoms with Crippen LogP contribution in [0.25, 0.3) is 0 Å². The van der Waals surface area contributed by atoms with Crippen LogP contribution in [0.15, 0.2) is 42.5 Å². The van der Waals surface area contributed by atoms with Crippen LogP contribution < -0.4 is 20.1 Å². The lowest BCUT2D eigenvalue weighted by Crippen LogP contribution is -2.44. The standard InChI is InChI=1S/C25H33N3O5/c1-16-13-26-17(2)15-33-22-12-19(27-24(29)18-7-6-8-20(11-18)31-4)9-10-21(22)25(30)28(3)14-23(16)32-5/h6-12,16-17,23,26H,13-15H2,1-5H3,(H,27,29)/t16-,17-,23-/m0/s1. The van der Waals surface area contributed by atoms with Gasteiger partial charge in [0.05, 0.1) is 18.8 Å². The van der Waals surface area contributed by atoms with E-state index in [-0.39, 0.29) is 29.9 Å². The second-order valence-electron chi connectivity index (χ2n) is 8.45. The molecule has 0 aliphatic carbocycles. The minimum absolute atomic E-state index is 0.0695. The third-order valence-corrected chi connectivity index (χ3v) is 5.82. The molecule has 178 valence electrons. The van der Waals surface area contributed by atoms with E-state index in [0.717, 1.165) is 6.54 Å². The Morgan fingerprint density at radius 1 is 1.18 bits per heavy atom. The molecule has 2 aromatic rings. The summed E-state index contributed by atoms with van der Waals surface area (Å²) in [6.45, 7) is 5.71. The molecule has 1 aliphatic rings. The second-order valence-corrected chi connectivity index (χ2v) is 8.45. The molecular formula is C25H33N3O5. The van der Waals surface area contributed by atoms with Crippen molar-refractivity contribution in [2.45, 2.75) is 26.0 Å². The highest BCUT2D eigenvalue weighted by molar-refractivity contribution is 6.05. The van der Waals surface area contributed by atoms with Crippen molar-refractivity contribution in [3.8, 4) is 11.5 Å². The summed E-state index contributed by atoms with van der Waals surface area (Å²) in [7, 11) is 4.98. The maximum absolute atomic E-state index is 13.2. The molecule has 1 aliphatic heterocycles. The van der Waals surface area contributed by atoms with Gasteiger partial charge in [-0.05, 0) is 43.2 Å². The molecule has 8 nitrogen and oxygen atoms in total. The maximum Gasteiger partial charge on any atom is 0.257 e. The van der Waals surface area contributed by atoms with Gasteiger partial charge >= 0.3 is 0 Å². The summed E-state index contributed by atoms with van der Waals surface area (Å²) in [6.07, 6.45) is -0.0936. The number of carbonyl (C=O) groups excluding carboxylic acids is 2. The van der Waals surface area contributed by atoms with Crippen LogP contribution in [-0.2, 0) is 4.74 Å². The number of anilines is 1. The van der Waals surface area contributed by atoms with Crippen LogP contribution in [0.5, 0.6) is 11.5 Å². The van der Waals surface area contributed by atoms with E-state index in [1.807, 2.05) is 6.92 Å². The van der Waals surface area contributed by atoms with Crippen molar-refractivity contribution in [3.05, 3.63) is 53.6 Å². The molecule has 2 aromatic carbocycles. The number of likely N-dealkylation sites (N-methyl/N-ethyl adjacent to an activating group) is 1. The number of hydrogen-bond acceptors (Lipinski definition) is 6. The molecule has 3 atom stereocenters. The van der Waals surface area contributed by atoms with Crippen molar-refractivity contribution in [1.82, 2.24) is 10.2 Å². The lowest BCUT2D eigenvalue weighted by Gasteiger charge is -2.30. The van der Waals surface area contributed by atoms with Gasteiger partial charge in [-0.3, -0.25) is 9.59 Å². The Labute approximate surface area is 195 Å². The third-order valence-electron chi connectivity index (χ3n) is 5.82. The highest BCUT2D eigenvalue weighted by atomic mass is 16.5. The third kappa shape index (κ3) is 6.24. The number of nitrogens with one attached hydrogen (secondary N) is 2. The summed E-state index contributed by atoms with van der Waals surface area (Å²) in [5.74, 6) is 0.804. The van der Waals surface area contributed by atoms with Crippen LogP contribution in [0.3, 0.4) is 0 Å². The fourth-order valence-corrected chi connectivity index (χ4v) is 3.70. The van der Waals surface area contributed by atoms with Crippen molar-refractivity contribution in [3.63, 3.8) is 0 Å². The summed E-state index contributed by atoms with van der Waals surface area (Å²) in [5, 5.41) is 6.33. The summed E-state index contributed by atoms with van der Waals surface area (Å²) in [5.41, 5.74) is 1.44. The SMILES string of the molecule is COc1cccc(C(=O)Nc2ccc3c(c2)OC[C@H](C)NC[C@H](C)[C@@H](OC)CN(C)C3=O)c1. The van der Waals surface area contributed by atoms with E-state index in [9.17, 15) is 9.59 Å². The number of fused-ring (bicyclic) bond motifs is 1. The smallest absolute Gasteiger partial charge is 0.257 e. The second kappa shape index (κ2) is 11.2. The van der Waals surface area contributed by atoms with Crippen LogP contribution in [0.2, 0.25) is 0 Å². The molecular weight excluding hydrogens is 422 g/mol. The predicted molar refractivity (Wildman–Crippen MR) is 127 cm³/mol. The number of nitrogens with zero attached hydrogens (tertiary/aromatic N) is 1. The van der Waals surface area contributed by atoms with Gasteiger partial charge in [0.15, 0.2) is 0 Å². The molecule has 0 spiro atoms. The molecule has 1 heterocycles. The minimum Gasteiger partial charge on any atom is -0.497 e. The Hall–Kier alpha value is -3.10. The number of benzene rings is 2. The van der Waals surface area contributed by atoms with E-state index in [0.29, 0.717) is 41.5 Å². The molecule has 8 heteroatoms. The van der Waals surface area contributed by atoms with E-state index in [1.54, 1.807) is 68.6 Å². The molecule has 2 amide bonds. The van der Waals surface area contributed by atoms with E-state index in [1.165, 1.54) is 0 Å². The lowest BCUT2D eigenvalue weighted by molar-refractivity contribution is 0.0281. The molecule has 33 heavy (non-hydrogen) atoms. The number of hydrogen-bond donors (Lipinski definition) is 2. The summed E-state index contributed by atoms with van der Waals surface area (Å²) >= 11 is 0. The first-order chi connectivity index (χ1) is 15.8. The first kappa shape index (κ1) is 24.5. The molecule has 0 radical (unpaired) electrons. The van der Waals surface area contributed by atoms with E-state index >= 15 is 0 Å². The summed E-state index contributed by atoms with van der Waals surface area (Å²) < 4.78 is 16.9. The van der Waals surface area contributed by atoms with Crippen molar-refractivity contribution >= 4 is 17.5 Å². The Bertz CT molecular complexity index is 980. The average molecular weight is 456 g/mol. The highest BCUT2D eigenvalue weighted by Gasteiger charge is 2.25. The number of ether oxygens (including phenoxy) is 3. The molecule has 0 saturated heterocycles. The number of carbonyl (C=O) groups is 2. The van der Waals surface area contributed by atoms with Crippen molar-refractivity contribution in [2.75, 3.05) is 46.3 Å². The predicted octanol–water partition coefficient (Wildman–Crippen LogP) is 3.04. The van der Waals surface area contributed by atoms with Gasteiger partial charge in [0, 0.05) is 50.6 Å². The van der Waals surface area contributed by atoms with E-state index < -0.39 is 0 Å². The fraction of sp³-hybridized carbons (Fsp3) is 0.440. The van der Waals surface area contributed by atoms with Gasteiger partial charge in [-0.2, -0.15) is 0 Å². The fourth-order valence-electron chi connectivity index (χ4n) is 3.70. The largest absolute Gasteiger partial charge is 0.497 e. The molecule has 0 unspecified atom stereocenters. The molecule has 0 aromatic heterocycles. The number of amides is 2. The monoisotopic (exact) mass is 455 g/mol. The Balaban J connectivity index is 1.86. The Kier molecular flexibility index (Phi) is 8.30. The van der Waals surface area contributed by atoms with Crippen LogP contribution >= 0.6 is 0 Å².